The molecule has 0 aliphatic rings. The summed E-state index contributed by atoms with van der Waals surface area (Å²) in [6.45, 7) is 2.23. The van der Waals surface area contributed by atoms with E-state index in [9.17, 15) is 0 Å². The average molecular weight is 644 g/mol. The number of benzene rings is 9. The van der Waals surface area contributed by atoms with E-state index in [4.69, 9.17) is 5.73 Å². The van der Waals surface area contributed by atoms with E-state index in [0.29, 0.717) is 6.54 Å². The second-order valence-electron chi connectivity index (χ2n) is 13.1. The van der Waals surface area contributed by atoms with Crippen molar-refractivity contribution < 1.29 is 0 Å². The monoisotopic (exact) mass is 643 g/mol. The second kappa shape index (κ2) is 12.7. The highest BCUT2D eigenvalue weighted by atomic mass is 14.9. The molecule has 0 atom stereocenters. The van der Waals surface area contributed by atoms with Crippen molar-refractivity contribution in [2.75, 3.05) is 11.1 Å². The first kappa shape index (κ1) is 29.9. The molecule has 0 spiro atoms. The maximum Gasteiger partial charge on any atom is 0.0424 e. The highest BCUT2D eigenvalue weighted by Gasteiger charge is 2.16. The molecule has 240 valence electrons. The molecule has 9 aromatic carbocycles. The van der Waals surface area contributed by atoms with Crippen LogP contribution in [0.1, 0.15) is 16.7 Å². The minimum atomic E-state index is 0.687. The van der Waals surface area contributed by atoms with Crippen LogP contribution < -0.4 is 16.4 Å². The molecule has 3 nitrogen and oxygen atoms in total. The van der Waals surface area contributed by atoms with E-state index < -0.39 is 0 Å². The fraction of sp³-hybridized carbons (Fsp3) is 0.0638. The molecule has 0 aromatic heterocycles. The third-order valence-electron chi connectivity index (χ3n) is 10.3. The van der Waals surface area contributed by atoms with E-state index in [1.165, 1.54) is 70.9 Å². The standard InChI is InChI=1S/C47H37N3/c48-46-25-26-47(42-20-8-7-19-41(42)46)50-30-45-37-18-6-3-13-33(37)27-43-38(21-10-22-39(43)45)40-24-23-32-12-2-5-17-36(32)44(40)29-49-28-34-15-9-14-31-11-1-4-16-35(31)34/h1-27,49-50H,28-30,48H2. The zero-order chi connectivity index (χ0) is 33.4. The van der Waals surface area contributed by atoms with Crippen LogP contribution in [0.3, 0.4) is 0 Å². The molecule has 0 bridgehead atoms. The van der Waals surface area contributed by atoms with Crippen LogP contribution in [-0.2, 0) is 19.6 Å². The first-order valence-corrected chi connectivity index (χ1v) is 17.4. The Hall–Kier alpha value is -6.16. The number of nitrogens with one attached hydrogen (secondary N) is 2. The fourth-order valence-electron chi connectivity index (χ4n) is 7.82. The van der Waals surface area contributed by atoms with Crippen molar-refractivity contribution in [1.29, 1.82) is 0 Å². The topological polar surface area (TPSA) is 50.1 Å². The van der Waals surface area contributed by atoms with E-state index >= 15 is 0 Å². The van der Waals surface area contributed by atoms with Crippen LogP contribution in [-0.4, -0.2) is 0 Å². The lowest BCUT2D eigenvalue weighted by Gasteiger charge is -2.19. The SMILES string of the molecule is Nc1ccc(NCc2c3ccccc3cc3c(-c4ccc5ccccc5c4CNCc4cccc5ccccc45)cccc23)c2ccccc12. The molecule has 9 aromatic rings. The van der Waals surface area contributed by atoms with Crippen LogP contribution in [0.2, 0.25) is 0 Å². The van der Waals surface area contributed by atoms with Gasteiger partial charge in [0.2, 0.25) is 0 Å². The van der Waals surface area contributed by atoms with Gasteiger partial charge in [-0.2, -0.15) is 0 Å². The summed E-state index contributed by atoms with van der Waals surface area (Å²) in [6, 6.07) is 59.0. The lowest BCUT2D eigenvalue weighted by atomic mass is 9.88. The molecule has 9 rings (SSSR count). The van der Waals surface area contributed by atoms with E-state index in [0.717, 1.165) is 35.2 Å². The minimum Gasteiger partial charge on any atom is -0.398 e. The quantitative estimate of drug-likeness (QED) is 0.114. The Labute approximate surface area is 292 Å². The predicted molar refractivity (Wildman–Crippen MR) is 215 cm³/mol. The van der Waals surface area contributed by atoms with Crippen molar-refractivity contribution in [1.82, 2.24) is 5.32 Å². The van der Waals surface area contributed by atoms with Crippen molar-refractivity contribution in [3.8, 4) is 11.1 Å². The molecule has 0 unspecified atom stereocenters. The maximum absolute atomic E-state index is 6.35. The second-order valence-corrected chi connectivity index (χ2v) is 13.1. The Bertz CT molecular complexity index is 2700. The molecular formula is C47H37N3. The van der Waals surface area contributed by atoms with Gasteiger partial charge in [0.15, 0.2) is 0 Å². The molecule has 0 aliphatic heterocycles. The van der Waals surface area contributed by atoms with Gasteiger partial charge >= 0.3 is 0 Å². The summed E-state index contributed by atoms with van der Waals surface area (Å²) in [6.07, 6.45) is 0. The van der Waals surface area contributed by atoms with E-state index in [-0.39, 0.29) is 0 Å². The highest BCUT2D eigenvalue weighted by molar-refractivity contribution is 6.09. The number of hydrogen-bond acceptors (Lipinski definition) is 3. The zero-order valence-corrected chi connectivity index (χ0v) is 27.8. The normalized spacial score (nSPS) is 11.6. The number of nitrogens with two attached hydrogens (primary N) is 1. The van der Waals surface area contributed by atoms with Gasteiger partial charge in [-0.25, -0.2) is 0 Å². The summed E-state index contributed by atoms with van der Waals surface area (Å²) in [7, 11) is 0. The number of hydrogen-bond donors (Lipinski definition) is 3. The summed E-state index contributed by atoms with van der Waals surface area (Å²) in [5, 5.41) is 20.0. The summed E-state index contributed by atoms with van der Waals surface area (Å²) in [5.74, 6) is 0. The van der Waals surface area contributed by atoms with Crippen LogP contribution in [0.5, 0.6) is 0 Å². The van der Waals surface area contributed by atoms with Crippen molar-refractivity contribution in [3.05, 3.63) is 180 Å². The Balaban J connectivity index is 1.15. The Morgan fingerprint density at radius 1 is 0.380 bits per heavy atom. The molecular weight excluding hydrogens is 607 g/mol. The lowest BCUT2D eigenvalue weighted by molar-refractivity contribution is 0.701. The molecule has 4 N–H and O–H groups in total. The van der Waals surface area contributed by atoms with E-state index in [1.807, 2.05) is 12.1 Å². The number of rotatable bonds is 8. The van der Waals surface area contributed by atoms with Gasteiger partial charge in [0, 0.05) is 41.8 Å². The van der Waals surface area contributed by atoms with Crippen LogP contribution >= 0.6 is 0 Å². The van der Waals surface area contributed by atoms with Gasteiger partial charge in [0.05, 0.1) is 0 Å². The van der Waals surface area contributed by atoms with Gasteiger partial charge in [0.25, 0.3) is 0 Å². The fourth-order valence-corrected chi connectivity index (χ4v) is 7.82. The molecule has 0 saturated carbocycles. The van der Waals surface area contributed by atoms with Gasteiger partial charge in [-0.15, -0.1) is 0 Å². The van der Waals surface area contributed by atoms with Crippen LogP contribution in [0.25, 0.3) is 65.0 Å². The molecule has 0 heterocycles. The van der Waals surface area contributed by atoms with Crippen molar-refractivity contribution in [2.24, 2.45) is 0 Å². The summed E-state index contributed by atoms with van der Waals surface area (Å²) in [5.41, 5.74) is 14.7. The number of nitrogen functional groups attached to an aromatic ring is 1. The Morgan fingerprint density at radius 2 is 1.00 bits per heavy atom. The first-order chi connectivity index (χ1) is 24.7. The first-order valence-electron chi connectivity index (χ1n) is 17.4. The lowest BCUT2D eigenvalue weighted by Crippen LogP contribution is -2.14. The van der Waals surface area contributed by atoms with Crippen molar-refractivity contribution >= 4 is 65.2 Å². The number of anilines is 2. The van der Waals surface area contributed by atoms with Crippen LogP contribution in [0.15, 0.2) is 164 Å². The Kier molecular flexibility index (Phi) is 7.61. The largest absolute Gasteiger partial charge is 0.398 e. The molecule has 0 aliphatic carbocycles. The molecule has 50 heavy (non-hydrogen) atoms. The molecule has 3 heteroatoms. The predicted octanol–water partition coefficient (Wildman–Crippen LogP) is 11.6. The summed E-state index contributed by atoms with van der Waals surface area (Å²) >= 11 is 0. The molecule has 0 amide bonds. The van der Waals surface area contributed by atoms with Gasteiger partial charge in [-0.05, 0) is 89.1 Å². The zero-order valence-electron chi connectivity index (χ0n) is 27.8. The van der Waals surface area contributed by atoms with Crippen molar-refractivity contribution in [2.45, 2.75) is 19.6 Å². The highest BCUT2D eigenvalue weighted by Crippen LogP contribution is 2.39. The van der Waals surface area contributed by atoms with Crippen LogP contribution in [0.4, 0.5) is 11.4 Å². The van der Waals surface area contributed by atoms with Gasteiger partial charge in [0.1, 0.15) is 0 Å². The molecule has 0 saturated heterocycles. The molecule has 0 radical (unpaired) electrons. The summed E-state index contributed by atoms with van der Waals surface area (Å²) < 4.78 is 0. The molecule has 0 fully saturated rings. The third kappa shape index (κ3) is 5.29. The smallest absolute Gasteiger partial charge is 0.0424 e. The van der Waals surface area contributed by atoms with Gasteiger partial charge in [-0.3, -0.25) is 0 Å². The van der Waals surface area contributed by atoms with Crippen LogP contribution in [0, 0.1) is 0 Å². The van der Waals surface area contributed by atoms with Crippen molar-refractivity contribution in [3.63, 3.8) is 0 Å². The minimum absolute atomic E-state index is 0.687. The summed E-state index contributed by atoms with van der Waals surface area (Å²) in [4.78, 5) is 0. The van der Waals surface area contributed by atoms with Gasteiger partial charge < -0.3 is 16.4 Å². The Morgan fingerprint density at radius 3 is 1.82 bits per heavy atom. The van der Waals surface area contributed by atoms with E-state index in [2.05, 4.69) is 162 Å². The van der Waals surface area contributed by atoms with E-state index in [1.54, 1.807) is 0 Å². The van der Waals surface area contributed by atoms with Gasteiger partial charge in [-0.1, -0.05) is 146 Å². The maximum atomic E-state index is 6.35. The average Bonchev–Trinajstić information content (AvgIpc) is 3.17. The third-order valence-corrected chi connectivity index (χ3v) is 10.3. The number of fused-ring (bicyclic) bond motifs is 5.